The number of hydrogen-bond donors (Lipinski definition) is 2. The van der Waals surface area contributed by atoms with Crippen molar-refractivity contribution < 1.29 is 4.79 Å². The van der Waals surface area contributed by atoms with Crippen molar-refractivity contribution in [2.45, 2.75) is 38.3 Å². The first kappa shape index (κ1) is 13.4. The summed E-state index contributed by atoms with van der Waals surface area (Å²) in [5, 5.41) is 6.96. The molecule has 2 N–H and O–H groups in total. The summed E-state index contributed by atoms with van der Waals surface area (Å²) in [6.45, 7) is 2.89. The highest BCUT2D eigenvalue weighted by molar-refractivity contribution is 6.31. The van der Waals surface area contributed by atoms with Crippen LogP contribution in [0.4, 0.5) is 0 Å². The number of rotatable bonds is 3. The van der Waals surface area contributed by atoms with Crippen LogP contribution in [0.25, 0.3) is 0 Å². The first-order valence-corrected chi connectivity index (χ1v) is 6.84. The van der Waals surface area contributed by atoms with Crippen LogP contribution in [-0.2, 0) is 4.79 Å². The minimum Gasteiger partial charge on any atom is -0.348 e. The van der Waals surface area contributed by atoms with Gasteiger partial charge in [0.25, 0.3) is 0 Å². The molecule has 2 atom stereocenters. The molecule has 1 aromatic rings. The molecule has 0 radical (unpaired) electrons. The Morgan fingerprint density at radius 3 is 2.89 bits per heavy atom. The maximum Gasteiger partial charge on any atom is 0.237 e. The van der Waals surface area contributed by atoms with E-state index in [1.165, 1.54) is 0 Å². The fraction of sp³-hybridized carbons (Fsp3) is 0.500. The SMILES string of the molecule is C[C@@H](NC(=O)[C@H]1CCCCN1)c1ccccc1Cl. The highest BCUT2D eigenvalue weighted by atomic mass is 35.5. The predicted octanol–water partition coefficient (Wildman–Crippen LogP) is 2.66. The monoisotopic (exact) mass is 266 g/mol. The third-order valence-electron chi connectivity index (χ3n) is 3.36. The molecule has 2 rings (SSSR count). The second kappa shape index (κ2) is 6.21. The third-order valence-corrected chi connectivity index (χ3v) is 3.70. The second-order valence-electron chi connectivity index (χ2n) is 4.75. The van der Waals surface area contributed by atoms with Crippen molar-refractivity contribution in [3.05, 3.63) is 34.9 Å². The van der Waals surface area contributed by atoms with Crippen LogP contribution in [0.3, 0.4) is 0 Å². The number of benzene rings is 1. The standard InChI is InChI=1S/C14H19ClN2O/c1-10(11-6-2-3-7-12(11)15)17-14(18)13-8-4-5-9-16-13/h2-3,6-7,10,13,16H,4-5,8-9H2,1H3,(H,17,18)/t10-,13-/m1/s1. The molecule has 0 bridgehead atoms. The second-order valence-corrected chi connectivity index (χ2v) is 5.16. The largest absolute Gasteiger partial charge is 0.348 e. The summed E-state index contributed by atoms with van der Waals surface area (Å²) in [5.41, 5.74) is 0.961. The van der Waals surface area contributed by atoms with E-state index in [4.69, 9.17) is 11.6 Å². The molecule has 0 aromatic heterocycles. The van der Waals surface area contributed by atoms with E-state index in [-0.39, 0.29) is 18.0 Å². The summed E-state index contributed by atoms with van der Waals surface area (Å²) in [5.74, 6) is 0.0714. The molecule has 1 aromatic carbocycles. The number of carbonyl (C=O) groups excluding carboxylic acids is 1. The number of nitrogens with one attached hydrogen (secondary N) is 2. The molecule has 98 valence electrons. The van der Waals surface area contributed by atoms with Crippen LogP contribution in [0.2, 0.25) is 5.02 Å². The average Bonchev–Trinajstić information content (AvgIpc) is 2.40. The summed E-state index contributed by atoms with van der Waals surface area (Å²) in [6, 6.07) is 7.50. The smallest absolute Gasteiger partial charge is 0.237 e. The molecule has 1 fully saturated rings. The van der Waals surface area contributed by atoms with Gasteiger partial charge in [0, 0.05) is 5.02 Å². The van der Waals surface area contributed by atoms with E-state index in [0.717, 1.165) is 31.4 Å². The lowest BCUT2D eigenvalue weighted by Gasteiger charge is -2.25. The summed E-state index contributed by atoms with van der Waals surface area (Å²) in [6.07, 6.45) is 3.19. The molecule has 0 unspecified atom stereocenters. The van der Waals surface area contributed by atoms with E-state index < -0.39 is 0 Å². The van der Waals surface area contributed by atoms with Crippen molar-refractivity contribution >= 4 is 17.5 Å². The molecule has 3 nitrogen and oxygen atoms in total. The molecule has 1 heterocycles. The molecular formula is C14H19ClN2O. The zero-order chi connectivity index (χ0) is 13.0. The topological polar surface area (TPSA) is 41.1 Å². The zero-order valence-corrected chi connectivity index (χ0v) is 11.3. The molecule has 0 saturated carbocycles. The number of hydrogen-bond acceptors (Lipinski definition) is 2. The van der Waals surface area contributed by atoms with Gasteiger partial charge in [-0.1, -0.05) is 36.2 Å². The molecule has 1 amide bonds. The highest BCUT2D eigenvalue weighted by Gasteiger charge is 2.22. The number of amides is 1. The first-order chi connectivity index (χ1) is 8.68. The van der Waals surface area contributed by atoms with Gasteiger partial charge in [-0.3, -0.25) is 4.79 Å². The fourth-order valence-corrected chi connectivity index (χ4v) is 2.59. The molecule has 0 aliphatic carbocycles. The van der Waals surface area contributed by atoms with Crippen LogP contribution in [0.15, 0.2) is 24.3 Å². The fourth-order valence-electron chi connectivity index (χ4n) is 2.29. The van der Waals surface area contributed by atoms with Crippen LogP contribution in [0.5, 0.6) is 0 Å². The maximum atomic E-state index is 12.1. The maximum absolute atomic E-state index is 12.1. The van der Waals surface area contributed by atoms with E-state index in [0.29, 0.717) is 5.02 Å². The quantitative estimate of drug-likeness (QED) is 0.883. The van der Waals surface area contributed by atoms with Gasteiger partial charge in [0.1, 0.15) is 0 Å². The summed E-state index contributed by atoms with van der Waals surface area (Å²) >= 11 is 6.12. The Balaban J connectivity index is 1.96. The van der Waals surface area contributed by atoms with Gasteiger partial charge in [-0.2, -0.15) is 0 Å². The molecule has 1 saturated heterocycles. The van der Waals surface area contributed by atoms with E-state index in [1.807, 2.05) is 31.2 Å². The minimum atomic E-state index is -0.0603. The first-order valence-electron chi connectivity index (χ1n) is 6.46. The predicted molar refractivity (Wildman–Crippen MR) is 73.7 cm³/mol. The van der Waals surface area contributed by atoms with Crippen molar-refractivity contribution in [2.24, 2.45) is 0 Å². The van der Waals surface area contributed by atoms with E-state index in [9.17, 15) is 4.79 Å². The van der Waals surface area contributed by atoms with Gasteiger partial charge in [0.05, 0.1) is 12.1 Å². The zero-order valence-electron chi connectivity index (χ0n) is 10.6. The summed E-state index contributed by atoms with van der Waals surface area (Å²) in [4.78, 5) is 12.1. The average molecular weight is 267 g/mol. The molecule has 1 aliphatic heterocycles. The van der Waals surface area contributed by atoms with Crippen molar-refractivity contribution in [1.82, 2.24) is 10.6 Å². The Morgan fingerprint density at radius 1 is 1.44 bits per heavy atom. The van der Waals surface area contributed by atoms with Crippen molar-refractivity contribution in [1.29, 1.82) is 0 Å². The van der Waals surface area contributed by atoms with Crippen molar-refractivity contribution in [2.75, 3.05) is 6.54 Å². The Kier molecular flexibility index (Phi) is 4.61. The normalized spacial score (nSPS) is 21.3. The van der Waals surface area contributed by atoms with Crippen LogP contribution < -0.4 is 10.6 Å². The van der Waals surface area contributed by atoms with Gasteiger partial charge in [0.2, 0.25) is 5.91 Å². The lowest BCUT2D eigenvalue weighted by atomic mass is 10.0. The van der Waals surface area contributed by atoms with Crippen molar-refractivity contribution in [3.8, 4) is 0 Å². The van der Waals surface area contributed by atoms with E-state index >= 15 is 0 Å². The summed E-state index contributed by atoms with van der Waals surface area (Å²) in [7, 11) is 0. The lowest BCUT2D eigenvalue weighted by Crippen LogP contribution is -2.47. The molecule has 4 heteroatoms. The van der Waals surface area contributed by atoms with Crippen molar-refractivity contribution in [3.63, 3.8) is 0 Å². The highest BCUT2D eigenvalue weighted by Crippen LogP contribution is 2.22. The third kappa shape index (κ3) is 3.24. The Hall–Kier alpha value is -1.06. The van der Waals surface area contributed by atoms with E-state index in [2.05, 4.69) is 10.6 Å². The molecule has 18 heavy (non-hydrogen) atoms. The van der Waals surface area contributed by atoms with Crippen LogP contribution in [0.1, 0.15) is 37.8 Å². The van der Waals surface area contributed by atoms with Crippen LogP contribution >= 0.6 is 11.6 Å². The number of piperidine rings is 1. The van der Waals surface area contributed by atoms with E-state index in [1.54, 1.807) is 0 Å². The van der Waals surface area contributed by atoms with Crippen LogP contribution in [0, 0.1) is 0 Å². The van der Waals surface area contributed by atoms with Crippen LogP contribution in [-0.4, -0.2) is 18.5 Å². The number of halogens is 1. The van der Waals surface area contributed by atoms with Gasteiger partial charge in [-0.25, -0.2) is 0 Å². The van der Waals surface area contributed by atoms with Gasteiger partial charge in [0.15, 0.2) is 0 Å². The Morgan fingerprint density at radius 2 is 2.22 bits per heavy atom. The van der Waals surface area contributed by atoms with Gasteiger partial charge in [-0.05, 0) is 37.9 Å². The Bertz CT molecular complexity index is 416. The molecule has 0 spiro atoms. The molecular weight excluding hydrogens is 248 g/mol. The number of carbonyl (C=O) groups is 1. The Labute approximate surface area is 113 Å². The minimum absolute atomic E-state index is 0.0521. The lowest BCUT2D eigenvalue weighted by molar-refractivity contribution is -0.124. The summed E-state index contributed by atoms with van der Waals surface area (Å²) < 4.78 is 0. The van der Waals surface area contributed by atoms with Gasteiger partial charge < -0.3 is 10.6 Å². The molecule has 1 aliphatic rings. The van der Waals surface area contributed by atoms with Gasteiger partial charge >= 0.3 is 0 Å². The van der Waals surface area contributed by atoms with Gasteiger partial charge in [-0.15, -0.1) is 0 Å².